The van der Waals surface area contributed by atoms with E-state index in [1.165, 1.54) is 12.8 Å². The summed E-state index contributed by atoms with van der Waals surface area (Å²) in [6.07, 6.45) is 2.64. The molecule has 1 heterocycles. The molecule has 0 radical (unpaired) electrons. The van der Waals surface area contributed by atoms with E-state index < -0.39 is 0 Å². The molecule has 0 aromatic heterocycles. The van der Waals surface area contributed by atoms with Crippen LogP contribution in [0.2, 0.25) is 0 Å². The number of anilines is 3. The molecule has 6 heteroatoms. The smallest absolute Gasteiger partial charge is 0.262 e. The first-order valence-electron chi connectivity index (χ1n) is 7.51. The molecule has 1 saturated carbocycles. The lowest BCUT2D eigenvalue weighted by atomic mass is 10.2. The lowest BCUT2D eigenvalue weighted by molar-refractivity contribution is -0.118. The van der Waals surface area contributed by atoms with Gasteiger partial charge in [-0.2, -0.15) is 0 Å². The van der Waals surface area contributed by atoms with Gasteiger partial charge < -0.3 is 21.1 Å². The molecule has 0 saturated heterocycles. The van der Waals surface area contributed by atoms with Crippen molar-refractivity contribution in [2.24, 2.45) is 0 Å². The van der Waals surface area contributed by atoms with Crippen molar-refractivity contribution in [3.63, 3.8) is 0 Å². The zero-order valence-corrected chi connectivity index (χ0v) is 12.3. The molecule has 1 aromatic carbocycles. The number of hydrogen-bond donors (Lipinski definition) is 3. The molecule has 0 atom stereocenters. The number of nitrogen functional groups attached to an aromatic ring is 1. The van der Waals surface area contributed by atoms with Crippen molar-refractivity contribution in [2.45, 2.75) is 25.8 Å². The lowest BCUT2D eigenvalue weighted by Gasteiger charge is -2.22. The maximum Gasteiger partial charge on any atom is 0.262 e. The summed E-state index contributed by atoms with van der Waals surface area (Å²) in [4.78, 5) is 13.8. The molecule has 2 aliphatic rings. The topological polar surface area (TPSA) is 79.6 Å². The molecule has 21 heavy (non-hydrogen) atoms. The molecule has 0 unspecified atom stereocenters. The van der Waals surface area contributed by atoms with E-state index in [0.717, 1.165) is 31.4 Å². The first-order valence-corrected chi connectivity index (χ1v) is 7.51. The van der Waals surface area contributed by atoms with Gasteiger partial charge in [0, 0.05) is 25.2 Å². The van der Waals surface area contributed by atoms with Gasteiger partial charge in [0.05, 0.1) is 17.1 Å². The zero-order valence-electron chi connectivity index (χ0n) is 12.3. The Labute approximate surface area is 124 Å². The molecule has 1 amide bonds. The fourth-order valence-corrected chi connectivity index (χ4v) is 2.67. The monoisotopic (exact) mass is 290 g/mol. The van der Waals surface area contributed by atoms with Crippen LogP contribution < -0.4 is 21.1 Å². The molecule has 1 fully saturated rings. The van der Waals surface area contributed by atoms with E-state index in [1.54, 1.807) is 6.07 Å². The van der Waals surface area contributed by atoms with E-state index in [-0.39, 0.29) is 12.5 Å². The lowest BCUT2D eigenvalue weighted by Crippen LogP contribution is -2.31. The van der Waals surface area contributed by atoms with Gasteiger partial charge in [0.25, 0.3) is 5.91 Å². The van der Waals surface area contributed by atoms with Crippen LogP contribution in [0, 0.1) is 0 Å². The van der Waals surface area contributed by atoms with Crippen LogP contribution in [0.1, 0.15) is 19.8 Å². The van der Waals surface area contributed by atoms with E-state index >= 15 is 0 Å². The number of rotatable bonds is 6. The second-order valence-corrected chi connectivity index (χ2v) is 5.56. The second-order valence-electron chi connectivity index (χ2n) is 5.56. The van der Waals surface area contributed by atoms with Crippen LogP contribution in [0.5, 0.6) is 5.75 Å². The summed E-state index contributed by atoms with van der Waals surface area (Å²) in [6.45, 7) is 5.16. The van der Waals surface area contributed by atoms with Gasteiger partial charge in [0.1, 0.15) is 5.75 Å². The Morgan fingerprint density at radius 2 is 2.29 bits per heavy atom. The number of carbonyl (C=O) groups is 1. The van der Waals surface area contributed by atoms with Crippen LogP contribution in [0.4, 0.5) is 17.1 Å². The van der Waals surface area contributed by atoms with Gasteiger partial charge in [-0.3, -0.25) is 9.69 Å². The van der Waals surface area contributed by atoms with Gasteiger partial charge in [0.2, 0.25) is 0 Å². The van der Waals surface area contributed by atoms with Crippen molar-refractivity contribution in [3.8, 4) is 5.75 Å². The molecule has 114 valence electrons. The van der Waals surface area contributed by atoms with Gasteiger partial charge >= 0.3 is 0 Å². The van der Waals surface area contributed by atoms with Gasteiger partial charge in [-0.15, -0.1) is 0 Å². The van der Waals surface area contributed by atoms with Crippen molar-refractivity contribution in [1.29, 1.82) is 0 Å². The highest BCUT2D eigenvalue weighted by Gasteiger charge is 2.27. The second kappa shape index (κ2) is 5.81. The molecular formula is C15H22N4O2. The normalized spacial score (nSPS) is 17.1. The number of hydrogen-bond acceptors (Lipinski definition) is 5. The van der Waals surface area contributed by atoms with Gasteiger partial charge in [0.15, 0.2) is 6.61 Å². The summed E-state index contributed by atoms with van der Waals surface area (Å²) in [5.41, 5.74) is 8.19. The highest BCUT2D eigenvalue weighted by Crippen LogP contribution is 2.35. The van der Waals surface area contributed by atoms with Crippen molar-refractivity contribution in [1.82, 2.24) is 4.90 Å². The number of carbonyl (C=O) groups excluding carboxylic acids is 1. The molecule has 1 aromatic rings. The van der Waals surface area contributed by atoms with Crippen LogP contribution in [-0.4, -0.2) is 43.1 Å². The van der Waals surface area contributed by atoms with Crippen LogP contribution >= 0.6 is 0 Å². The molecular weight excluding hydrogens is 268 g/mol. The van der Waals surface area contributed by atoms with Crippen LogP contribution in [0.15, 0.2) is 12.1 Å². The minimum atomic E-state index is -0.135. The quantitative estimate of drug-likeness (QED) is 0.692. The maximum absolute atomic E-state index is 11.4. The summed E-state index contributed by atoms with van der Waals surface area (Å²) in [5, 5.41) is 6.15. The average Bonchev–Trinajstić information content (AvgIpc) is 3.29. The number of nitrogens with two attached hydrogens (primary N) is 1. The SMILES string of the molecule is CCN(CCNc1cc2c(cc1N)OCC(=O)N2)C1CC1. The highest BCUT2D eigenvalue weighted by atomic mass is 16.5. The summed E-state index contributed by atoms with van der Waals surface area (Å²) in [7, 11) is 0. The third-order valence-electron chi connectivity index (χ3n) is 3.97. The number of nitrogens with one attached hydrogen (secondary N) is 2. The highest BCUT2D eigenvalue weighted by molar-refractivity contribution is 5.97. The van der Waals surface area contributed by atoms with E-state index in [9.17, 15) is 4.79 Å². The number of ether oxygens (including phenoxy) is 1. The van der Waals surface area contributed by atoms with E-state index in [1.807, 2.05) is 6.07 Å². The van der Waals surface area contributed by atoms with Gasteiger partial charge in [-0.1, -0.05) is 6.92 Å². The summed E-state index contributed by atoms with van der Waals surface area (Å²) in [5.74, 6) is 0.495. The molecule has 4 N–H and O–H groups in total. The summed E-state index contributed by atoms with van der Waals surface area (Å²) in [6, 6.07) is 4.37. The number of benzene rings is 1. The van der Waals surface area contributed by atoms with Crippen molar-refractivity contribution >= 4 is 23.0 Å². The first-order chi connectivity index (χ1) is 10.2. The number of likely N-dealkylation sites (N-methyl/N-ethyl adjacent to an activating group) is 1. The predicted octanol–water partition coefficient (Wildman–Crippen LogP) is 1.50. The Kier molecular flexibility index (Phi) is 3.88. The van der Waals surface area contributed by atoms with Gasteiger partial charge in [-0.05, 0) is 25.5 Å². The van der Waals surface area contributed by atoms with Crippen LogP contribution in [0.3, 0.4) is 0 Å². The maximum atomic E-state index is 11.4. The third kappa shape index (κ3) is 3.21. The first kappa shape index (κ1) is 14.0. The Morgan fingerprint density at radius 3 is 3.00 bits per heavy atom. The van der Waals surface area contributed by atoms with E-state index in [0.29, 0.717) is 17.1 Å². The van der Waals surface area contributed by atoms with Crippen molar-refractivity contribution in [3.05, 3.63) is 12.1 Å². The Balaban J connectivity index is 1.62. The summed E-state index contributed by atoms with van der Waals surface area (Å²) < 4.78 is 5.34. The predicted molar refractivity (Wildman–Crippen MR) is 83.7 cm³/mol. The Bertz CT molecular complexity index is 543. The zero-order chi connectivity index (χ0) is 14.8. The standard InChI is InChI=1S/C15H22N4O2/c1-2-19(10-3-4-10)6-5-17-12-8-13-14(7-11(12)16)21-9-15(20)18-13/h7-8,10,17H,2-6,9,16H2,1H3,(H,18,20). The van der Waals surface area contributed by atoms with Crippen molar-refractivity contribution < 1.29 is 9.53 Å². The van der Waals surface area contributed by atoms with Gasteiger partial charge in [-0.25, -0.2) is 0 Å². The Morgan fingerprint density at radius 1 is 1.48 bits per heavy atom. The summed E-state index contributed by atoms with van der Waals surface area (Å²) >= 11 is 0. The number of fused-ring (bicyclic) bond motifs is 1. The number of amides is 1. The number of nitrogens with zero attached hydrogens (tertiary/aromatic N) is 1. The van der Waals surface area contributed by atoms with Crippen LogP contribution in [-0.2, 0) is 4.79 Å². The van der Waals surface area contributed by atoms with E-state index in [4.69, 9.17) is 10.5 Å². The minimum Gasteiger partial charge on any atom is -0.482 e. The molecule has 0 bridgehead atoms. The molecule has 0 spiro atoms. The molecule has 1 aliphatic heterocycles. The fraction of sp³-hybridized carbons (Fsp3) is 0.533. The third-order valence-corrected chi connectivity index (χ3v) is 3.97. The molecule has 6 nitrogen and oxygen atoms in total. The molecule has 1 aliphatic carbocycles. The van der Waals surface area contributed by atoms with E-state index in [2.05, 4.69) is 22.5 Å². The average molecular weight is 290 g/mol. The largest absolute Gasteiger partial charge is 0.482 e. The molecule has 3 rings (SSSR count). The van der Waals surface area contributed by atoms with Crippen LogP contribution in [0.25, 0.3) is 0 Å². The minimum absolute atomic E-state index is 0.0477. The Hall–Kier alpha value is -1.95. The van der Waals surface area contributed by atoms with Crippen molar-refractivity contribution in [2.75, 3.05) is 42.6 Å². The fourth-order valence-electron chi connectivity index (χ4n) is 2.67.